The van der Waals surface area contributed by atoms with E-state index in [1.54, 1.807) is 0 Å². The molecule has 1 rings (SSSR count). The molecule has 0 radical (unpaired) electrons. The lowest BCUT2D eigenvalue weighted by molar-refractivity contribution is 1.23. The molecule has 0 spiro atoms. The van der Waals surface area contributed by atoms with E-state index in [0.29, 0.717) is 0 Å². The average molecular weight is 215 g/mol. The minimum atomic E-state index is 0.976. The van der Waals surface area contributed by atoms with Crippen LogP contribution in [-0.2, 0) is 0 Å². The maximum atomic E-state index is 4.52. The van der Waals surface area contributed by atoms with Crippen LogP contribution in [0.4, 0.5) is 5.69 Å². The van der Waals surface area contributed by atoms with E-state index in [9.17, 15) is 0 Å². The van der Waals surface area contributed by atoms with Gasteiger partial charge in [-0.3, -0.25) is 4.99 Å². The summed E-state index contributed by atoms with van der Waals surface area (Å²) in [4.78, 5) is 4.52. The van der Waals surface area contributed by atoms with E-state index in [1.165, 1.54) is 16.7 Å². The van der Waals surface area contributed by atoms with Gasteiger partial charge in [-0.15, -0.1) is 0 Å². The second-order valence-electron chi connectivity index (χ2n) is 4.05. The molecule has 0 aliphatic rings. The van der Waals surface area contributed by atoms with Crippen molar-refractivity contribution in [3.8, 4) is 0 Å². The van der Waals surface area contributed by atoms with Crippen LogP contribution >= 0.6 is 0 Å². The molecule has 0 heterocycles. The Morgan fingerprint density at radius 3 is 2.50 bits per heavy atom. The first-order chi connectivity index (χ1) is 7.69. The average Bonchev–Trinajstić information content (AvgIpc) is 2.24. The predicted molar refractivity (Wildman–Crippen MR) is 73.7 cm³/mol. The van der Waals surface area contributed by atoms with Crippen LogP contribution in [0.1, 0.15) is 43.4 Å². The van der Waals surface area contributed by atoms with Gasteiger partial charge in [0.05, 0.1) is 5.69 Å². The molecule has 0 N–H and O–H groups in total. The van der Waals surface area contributed by atoms with Crippen LogP contribution in [0.3, 0.4) is 0 Å². The Kier molecular flexibility index (Phi) is 4.97. The fourth-order valence-corrected chi connectivity index (χ4v) is 1.71. The summed E-state index contributed by atoms with van der Waals surface area (Å²) in [7, 11) is 0. The van der Waals surface area contributed by atoms with Gasteiger partial charge in [0.2, 0.25) is 0 Å². The zero-order valence-electron chi connectivity index (χ0n) is 10.7. The van der Waals surface area contributed by atoms with E-state index in [-0.39, 0.29) is 0 Å². The number of aliphatic imine (C=N–C) groups is 1. The first-order valence-electron chi connectivity index (χ1n) is 5.99. The second-order valence-corrected chi connectivity index (χ2v) is 4.05. The van der Waals surface area contributed by atoms with Crippen molar-refractivity contribution >= 4 is 18.0 Å². The van der Waals surface area contributed by atoms with E-state index in [4.69, 9.17) is 0 Å². The van der Waals surface area contributed by atoms with E-state index in [2.05, 4.69) is 57.0 Å². The molecule has 0 saturated heterocycles. The Hall–Kier alpha value is -1.37. The van der Waals surface area contributed by atoms with Gasteiger partial charge in [-0.1, -0.05) is 32.1 Å². The standard InChI is InChI=1S/C15H21N/c1-5-7-8-14-13(4)10-12(3)11-15(14)16-9-6-2/h7-11H,5-6H2,1-4H3/b8-7-,16-9?. The minimum absolute atomic E-state index is 0.976. The van der Waals surface area contributed by atoms with Crippen LogP contribution in [0.2, 0.25) is 0 Å². The number of hydrogen-bond donors (Lipinski definition) is 0. The molecule has 0 unspecified atom stereocenters. The van der Waals surface area contributed by atoms with Gasteiger partial charge in [0.25, 0.3) is 0 Å². The Labute approximate surface area is 98.9 Å². The van der Waals surface area contributed by atoms with Gasteiger partial charge >= 0.3 is 0 Å². The molecule has 1 aromatic rings. The predicted octanol–water partition coefficient (Wildman–Crippen LogP) is 4.84. The molecule has 0 amide bonds. The van der Waals surface area contributed by atoms with Gasteiger partial charge in [-0.2, -0.15) is 0 Å². The first kappa shape index (κ1) is 12.7. The van der Waals surface area contributed by atoms with Crippen molar-refractivity contribution in [3.05, 3.63) is 34.9 Å². The highest BCUT2D eigenvalue weighted by Crippen LogP contribution is 2.26. The Morgan fingerprint density at radius 1 is 1.12 bits per heavy atom. The zero-order chi connectivity index (χ0) is 12.0. The van der Waals surface area contributed by atoms with Gasteiger partial charge in [-0.25, -0.2) is 0 Å². The highest BCUT2D eigenvalue weighted by atomic mass is 14.7. The summed E-state index contributed by atoms with van der Waals surface area (Å²) in [5, 5.41) is 0. The van der Waals surface area contributed by atoms with Crippen molar-refractivity contribution in [2.75, 3.05) is 0 Å². The Morgan fingerprint density at radius 2 is 1.88 bits per heavy atom. The summed E-state index contributed by atoms with van der Waals surface area (Å²) in [6.07, 6.45) is 8.37. The van der Waals surface area contributed by atoms with Gasteiger partial charge in [0.15, 0.2) is 0 Å². The summed E-state index contributed by atoms with van der Waals surface area (Å²) in [6.45, 7) is 8.52. The normalized spacial score (nSPS) is 11.8. The summed E-state index contributed by atoms with van der Waals surface area (Å²) < 4.78 is 0. The lowest BCUT2D eigenvalue weighted by Gasteiger charge is -2.07. The fraction of sp³-hybridized carbons (Fsp3) is 0.400. The van der Waals surface area contributed by atoms with Crippen LogP contribution in [0.25, 0.3) is 6.08 Å². The monoisotopic (exact) mass is 215 g/mol. The van der Waals surface area contributed by atoms with Crippen molar-refractivity contribution < 1.29 is 0 Å². The summed E-state index contributed by atoms with van der Waals surface area (Å²) in [5.74, 6) is 0. The van der Waals surface area contributed by atoms with Crippen molar-refractivity contribution in [1.29, 1.82) is 0 Å². The summed E-state index contributed by atoms with van der Waals surface area (Å²) in [5.41, 5.74) is 4.91. The molecule has 0 atom stereocenters. The smallest absolute Gasteiger partial charge is 0.0703 e. The Bertz CT molecular complexity index is 400. The number of aryl methyl sites for hydroxylation is 2. The molecule has 0 saturated carbocycles. The Balaban J connectivity index is 3.20. The van der Waals surface area contributed by atoms with E-state index in [1.807, 2.05) is 6.21 Å². The van der Waals surface area contributed by atoms with Crippen LogP contribution in [0.5, 0.6) is 0 Å². The van der Waals surface area contributed by atoms with Crippen LogP contribution in [0.15, 0.2) is 23.2 Å². The minimum Gasteiger partial charge on any atom is -0.261 e. The van der Waals surface area contributed by atoms with Crippen molar-refractivity contribution in [2.45, 2.75) is 40.5 Å². The highest BCUT2D eigenvalue weighted by Gasteiger charge is 2.02. The van der Waals surface area contributed by atoms with Gasteiger partial charge in [0.1, 0.15) is 0 Å². The largest absolute Gasteiger partial charge is 0.261 e. The quantitative estimate of drug-likeness (QED) is 0.637. The number of allylic oxidation sites excluding steroid dienone is 1. The second kappa shape index (κ2) is 6.26. The van der Waals surface area contributed by atoms with Gasteiger partial charge in [-0.05, 0) is 43.9 Å². The maximum Gasteiger partial charge on any atom is 0.0703 e. The van der Waals surface area contributed by atoms with Crippen LogP contribution < -0.4 is 0 Å². The van der Waals surface area contributed by atoms with E-state index >= 15 is 0 Å². The molecule has 0 aliphatic heterocycles. The molecule has 0 aromatic heterocycles. The molecule has 16 heavy (non-hydrogen) atoms. The van der Waals surface area contributed by atoms with Crippen LogP contribution in [0, 0.1) is 13.8 Å². The third-order valence-corrected chi connectivity index (χ3v) is 2.44. The van der Waals surface area contributed by atoms with Crippen molar-refractivity contribution in [1.82, 2.24) is 0 Å². The highest BCUT2D eigenvalue weighted by molar-refractivity contribution is 5.73. The van der Waals surface area contributed by atoms with Crippen LogP contribution in [-0.4, -0.2) is 6.21 Å². The first-order valence-corrected chi connectivity index (χ1v) is 5.99. The molecule has 0 fully saturated rings. The van der Waals surface area contributed by atoms with E-state index < -0.39 is 0 Å². The van der Waals surface area contributed by atoms with Gasteiger partial charge < -0.3 is 0 Å². The maximum absolute atomic E-state index is 4.52. The SMILES string of the molecule is CCC=Nc1cc(C)cc(C)c1/C=C\CC. The lowest BCUT2D eigenvalue weighted by atomic mass is 10.0. The molecule has 0 aliphatic carbocycles. The summed E-state index contributed by atoms with van der Waals surface area (Å²) >= 11 is 0. The van der Waals surface area contributed by atoms with Gasteiger partial charge in [0, 0.05) is 11.8 Å². The van der Waals surface area contributed by atoms with Crippen molar-refractivity contribution in [3.63, 3.8) is 0 Å². The third-order valence-electron chi connectivity index (χ3n) is 2.44. The van der Waals surface area contributed by atoms with E-state index in [0.717, 1.165) is 18.5 Å². The van der Waals surface area contributed by atoms with Crippen molar-refractivity contribution in [2.24, 2.45) is 4.99 Å². The molecule has 1 nitrogen and oxygen atoms in total. The molecule has 0 bridgehead atoms. The molecule has 1 heteroatoms. The molecular weight excluding hydrogens is 194 g/mol. The number of hydrogen-bond acceptors (Lipinski definition) is 1. The lowest BCUT2D eigenvalue weighted by Crippen LogP contribution is -1.85. The third kappa shape index (κ3) is 3.34. The molecule has 86 valence electrons. The topological polar surface area (TPSA) is 12.4 Å². The number of rotatable bonds is 4. The number of nitrogens with zero attached hydrogens (tertiary/aromatic N) is 1. The zero-order valence-corrected chi connectivity index (χ0v) is 10.7. The fourth-order valence-electron chi connectivity index (χ4n) is 1.71. The molecule has 1 aromatic carbocycles. The molecular formula is C15H21N. The summed E-state index contributed by atoms with van der Waals surface area (Å²) in [6, 6.07) is 4.36. The number of benzene rings is 1.